The highest BCUT2D eigenvalue weighted by Crippen LogP contribution is 2.23. The molecule has 0 spiro atoms. The van der Waals surface area contributed by atoms with Crippen molar-refractivity contribution in [2.75, 3.05) is 24.5 Å². The lowest BCUT2D eigenvalue weighted by molar-refractivity contribution is 0.477. The molecule has 2 heterocycles. The third kappa shape index (κ3) is 1.76. The lowest BCUT2D eigenvalue weighted by Gasteiger charge is -2.33. The lowest BCUT2D eigenvalue weighted by Crippen LogP contribution is -2.50. The van der Waals surface area contributed by atoms with E-state index >= 15 is 0 Å². The molecule has 0 bridgehead atoms. The average molecular weight is 219 g/mol. The van der Waals surface area contributed by atoms with Crippen molar-refractivity contribution >= 4 is 5.82 Å². The van der Waals surface area contributed by atoms with Crippen LogP contribution in [0.3, 0.4) is 0 Å². The quantitative estimate of drug-likeness (QED) is 0.742. The maximum atomic E-state index is 9.16. The number of nitrogens with one attached hydrogen (secondary N) is 1. The van der Waals surface area contributed by atoms with Gasteiger partial charge in [0.15, 0.2) is 0 Å². The van der Waals surface area contributed by atoms with Crippen LogP contribution in [0.2, 0.25) is 0 Å². The second-order valence-corrected chi connectivity index (χ2v) is 4.32. The summed E-state index contributed by atoms with van der Waals surface area (Å²) in [5, 5.41) is 16.9. The van der Waals surface area contributed by atoms with Crippen molar-refractivity contribution in [3.63, 3.8) is 0 Å². The van der Waals surface area contributed by atoms with Gasteiger partial charge in [0.25, 0.3) is 0 Å². The highest BCUT2D eigenvalue weighted by Gasteiger charge is 2.23. The van der Waals surface area contributed by atoms with E-state index in [1.807, 2.05) is 18.7 Å². The minimum absolute atomic E-state index is 0.454. The van der Waals surface area contributed by atoms with Gasteiger partial charge >= 0.3 is 0 Å². The molecule has 0 unspecified atom stereocenters. The Bertz CT molecular complexity index is 428. The molecule has 1 aromatic heterocycles. The largest absolute Gasteiger partial charge is 0.353 e. The monoisotopic (exact) mass is 219 g/mol. The fourth-order valence-corrected chi connectivity index (χ4v) is 2.26. The Balaban J connectivity index is 2.36. The predicted molar refractivity (Wildman–Crippen MR) is 62.3 cm³/mol. The summed E-state index contributed by atoms with van der Waals surface area (Å²) in [5.41, 5.74) is 1.52. The molecule has 86 valence electrons. The van der Waals surface area contributed by atoms with E-state index in [4.69, 9.17) is 5.26 Å². The van der Waals surface area contributed by atoms with Crippen LogP contribution in [-0.2, 0) is 7.05 Å². The molecule has 0 amide bonds. The van der Waals surface area contributed by atoms with Crippen LogP contribution in [0.25, 0.3) is 0 Å². The molecule has 2 rings (SSSR count). The third-order valence-electron chi connectivity index (χ3n) is 2.97. The summed E-state index contributed by atoms with van der Waals surface area (Å²) in [6, 6.07) is 2.71. The molecule has 16 heavy (non-hydrogen) atoms. The first-order valence-electron chi connectivity index (χ1n) is 5.55. The smallest absolute Gasteiger partial charge is 0.145 e. The second-order valence-electron chi connectivity index (χ2n) is 4.32. The van der Waals surface area contributed by atoms with E-state index in [9.17, 15) is 0 Å². The molecule has 1 N–H and O–H groups in total. The van der Waals surface area contributed by atoms with Crippen LogP contribution in [0.5, 0.6) is 0 Å². The van der Waals surface area contributed by atoms with Crippen LogP contribution < -0.4 is 10.2 Å². The Kier molecular flexibility index (Phi) is 2.84. The van der Waals surface area contributed by atoms with Gasteiger partial charge in [-0.15, -0.1) is 0 Å². The fraction of sp³-hybridized carbons (Fsp3) is 0.636. The number of piperazine rings is 1. The number of hydrogen-bond donors (Lipinski definition) is 1. The van der Waals surface area contributed by atoms with Gasteiger partial charge in [0.2, 0.25) is 0 Å². The second kappa shape index (κ2) is 4.14. The predicted octanol–water partition coefficient (Wildman–Crippen LogP) is 0.398. The molecule has 0 aromatic carbocycles. The van der Waals surface area contributed by atoms with Gasteiger partial charge < -0.3 is 10.2 Å². The van der Waals surface area contributed by atoms with Gasteiger partial charge in [-0.25, -0.2) is 0 Å². The lowest BCUT2D eigenvalue weighted by atomic mass is 10.2. The van der Waals surface area contributed by atoms with Crippen LogP contribution >= 0.6 is 0 Å². The Hall–Kier alpha value is -1.54. The molecule has 1 aliphatic rings. The van der Waals surface area contributed by atoms with Crippen molar-refractivity contribution in [3.8, 4) is 6.07 Å². The van der Waals surface area contributed by atoms with Crippen molar-refractivity contribution in [1.82, 2.24) is 15.1 Å². The van der Waals surface area contributed by atoms with Crippen molar-refractivity contribution < 1.29 is 0 Å². The Morgan fingerprint density at radius 2 is 2.31 bits per heavy atom. The van der Waals surface area contributed by atoms with E-state index in [2.05, 4.69) is 28.3 Å². The number of nitriles is 1. The highest BCUT2D eigenvalue weighted by molar-refractivity contribution is 5.57. The number of nitrogens with zero attached hydrogens (tertiary/aromatic N) is 4. The number of rotatable bonds is 1. The normalized spacial score (nSPS) is 20.9. The standard InChI is InChI=1S/C11H17N5/c1-8-7-16(5-4-13-8)11-10(6-12)9(2)14-15(11)3/h8,13H,4-5,7H2,1-3H3/t8-/m0/s1. The molecule has 5 heteroatoms. The SMILES string of the molecule is Cc1nn(C)c(N2CCN[C@@H](C)C2)c1C#N. The van der Waals surface area contributed by atoms with Gasteiger partial charge in [0.05, 0.1) is 5.69 Å². The molecule has 1 fully saturated rings. The van der Waals surface area contributed by atoms with Gasteiger partial charge in [-0.05, 0) is 13.8 Å². The average Bonchev–Trinajstić information content (AvgIpc) is 2.52. The van der Waals surface area contributed by atoms with E-state index in [0.717, 1.165) is 31.1 Å². The molecule has 0 aliphatic carbocycles. The van der Waals surface area contributed by atoms with Crippen molar-refractivity contribution in [3.05, 3.63) is 11.3 Å². The fourth-order valence-electron chi connectivity index (χ4n) is 2.26. The molecule has 1 aromatic rings. The van der Waals surface area contributed by atoms with Gasteiger partial charge in [-0.1, -0.05) is 0 Å². The van der Waals surface area contributed by atoms with Gasteiger partial charge in [0, 0.05) is 32.7 Å². The summed E-state index contributed by atoms with van der Waals surface area (Å²) in [7, 11) is 1.90. The number of aryl methyl sites for hydroxylation is 2. The Morgan fingerprint density at radius 1 is 1.56 bits per heavy atom. The molecular weight excluding hydrogens is 202 g/mol. The first kappa shape index (κ1) is 11.0. The van der Waals surface area contributed by atoms with E-state index in [-0.39, 0.29) is 0 Å². The molecular formula is C11H17N5. The number of aromatic nitrogens is 2. The summed E-state index contributed by atoms with van der Waals surface area (Å²) in [5.74, 6) is 0.952. The summed E-state index contributed by atoms with van der Waals surface area (Å²) in [6.45, 7) is 6.84. The van der Waals surface area contributed by atoms with E-state index in [1.54, 1.807) is 0 Å². The molecule has 1 aliphatic heterocycles. The zero-order chi connectivity index (χ0) is 11.7. The first-order valence-corrected chi connectivity index (χ1v) is 5.55. The molecule has 5 nitrogen and oxygen atoms in total. The van der Waals surface area contributed by atoms with Crippen molar-refractivity contribution in [1.29, 1.82) is 5.26 Å². The van der Waals surface area contributed by atoms with Crippen molar-refractivity contribution in [2.45, 2.75) is 19.9 Å². The third-order valence-corrected chi connectivity index (χ3v) is 2.97. The zero-order valence-electron chi connectivity index (χ0n) is 9.99. The van der Waals surface area contributed by atoms with Crippen LogP contribution in [0.4, 0.5) is 5.82 Å². The van der Waals surface area contributed by atoms with E-state index in [1.165, 1.54) is 0 Å². The maximum Gasteiger partial charge on any atom is 0.145 e. The van der Waals surface area contributed by atoms with E-state index < -0.39 is 0 Å². The van der Waals surface area contributed by atoms with Crippen LogP contribution in [0.15, 0.2) is 0 Å². The number of anilines is 1. The van der Waals surface area contributed by atoms with Crippen LogP contribution in [0.1, 0.15) is 18.2 Å². The molecule has 1 saturated heterocycles. The number of hydrogen-bond acceptors (Lipinski definition) is 4. The van der Waals surface area contributed by atoms with Gasteiger partial charge in [-0.2, -0.15) is 10.4 Å². The Morgan fingerprint density at radius 3 is 2.94 bits per heavy atom. The molecule has 0 radical (unpaired) electrons. The zero-order valence-corrected chi connectivity index (χ0v) is 9.99. The van der Waals surface area contributed by atoms with Crippen LogP contribution in [0, 0.1) is 18.3 Å². The highest BCUT2D eigenvalue weighted by atomic mass is 15.4. The minimum atomic E-state index is 0.454. The summed E-state index contributed by atoms with van der Waals surface area (Å²) < 4.78 is 1.81. The Labute approximate surface area is 95.7 Å². The summed E-state index contributed by atoms with van der Waals surface area (Å²) in [6.07, 6.45) is 0. The summed E-state index contributed by atoms with van der Waals surface area (Å²) in [4.78, 5) is 2.24. The first-order chi connectivity index (χ1) is 7.63. The van der Waals surface area contributed by atoms with E-state index in [0.29, 0.717) is 11.6 Å². The van der Waals surface area contributed by atoms with Crippen molar-refractivity contribution in [2.24, 2.45) is 7.05 Å². The van der Waals surface area contributed by atoms with Gasteiger partial charge in [-0.3, -0.25) is 4.68 Å². The summed E-state index contributed by atoms with van der Waals surface area (Å²) >= 11 is 0. The maximum absolute atomic E-state index is 9.16. The molecule has 1 atom stereocenters. The topological polar surface area (TPSA) is 56.9 Å². The van der Waals surface area contributed by atoms with Gasteiger partial charge in [0.1, 0.15) is 17.5 Å². The molecule has 0 saturated carbocycles. The van der Waals surface area contributed by atoms with Crippen LogP contribution in [-0.4, -0.2) is 35.5 Å². The minimum Gasteiger partial charge on any atom is -0.353 e.